The maximum absolute atomic E-state index is 12.0. The minimum Gasteiger partial charge on any atom is -0.342 e. The molecule has 0 aromatic carbocycles. The summed E-state index contributed by atoms with van der Waals surface area (Å²) in [6, 6.07) is 0. The summed E-state index contributed by atoms with van der Waals surface area (Å²) in [6.45, 7) is 1.36. The average Bonchev–Trinajstić information content (AvgIpc) is 2.86. The fraction of sp³-hybridized carbons (Fsp3) is 0.636. The third kappa shape index (κ3) is 2.50. The predicted molar refractivity (Wildman–Crippen MR) is 65.9 cm³/mol. The highest BCUT2D eigenvalue weighted by Crippen LogP contribution is 2.32. The molecule has 1 aromatic rings. The maximum Gasteiger partial charge on any atom is 0.231 e. The van der Waals surface area contributed by atoms with E-state index in [0.29, 0.717) is 24.0 Å². The van der Waals surface area contributed by atoms with Gasteiger partial charge in [-0.15, -0.1) is 10.2 Å². The quantitative estimate of drug-likeness (QED) is 0.872. The second kappa shape index (κ2) is 4.64. The van der Waals surface area contributed by atoms with Crippen molar-refractivity contribution in [3.8, 4) is 0 Å². The van der Waals surface area contributed by atoms with Gasteiger partial charge in [-0.25, -0.2) is 0 Å². The van der Waals surface area contributed by atoms with E-state index < -0.39 is 0 Å². The number of rotatable bonds is 4. The lowest BCUT2D eigenvalue weighted by Gasteiger charge is -2.15. The van der Waals surface area contributed by atoms with Crippen LogP contribution in [-0.4, -0.2) is 40.0 Å². The summed E-state index contributed by atoms with van der Waals surface area (Å²) in [4.78, 5) is 25.6. The topological polar surface area (TPSA) is 75.2 Å². The molecule has 1 aromatic heterocycles. The lowest BCUT2D eigenvalue weighted by atomic mass is 10.1. The van der Waals surface area contributed by atoms with Crippen LogP contribution in [0.15, 0.2) is 5.51 Å². The first kappa shape index (κ1) is 11.6. The molecule has 0 bridgehead atoms. The monoisotopic (exact) mass is 266 g/mol. The van der Waals surface area contributed by atoms with Crippen LogP contribution in [0.3, 0.4) is 0 Å². The molecule has 1 saturated carbocycles. The SMILES string of the molecule is O=C(Nc1nncs1)C1CC(=O)N(CC2CC2)C1. The fourth-order valence-corrected chi connectivity index (χ4v) is 2.62. The molecule has 2 heterocycles. The van der Waals surface area contributed by atoms with Gasteiger partial charge in [-0.05, 0) is 18.8 Å². The third-order valence-electron chi connectivity index (χ3n) is 3.35. The predicted octanol–water partition coefficient (Wildman–Crippen LogP) is 0.735. The van der Waals surface area contributed by atoms with Crippen molar-refractivity contribution in [2.75, 3.05) is 18.4 Å². The highest BCUT2D eigenvalue weighted by atomic mass is 32.1. The van der Waals surface area contributed by atoms with E-state index in [9.17, 15) is 9.59 Å². The summed E-state index contributed by atoms with van der Waals surface area (Å²) >= 11 is 1.28. The number of aromatic nitrogens is 2. The molecule has 2 aliphatic rings. The Morgan fingerprint density at radius 2 is 2.39 bits per heavy atom. The largest absolute Gasteiger partial charge is 0.342 e. The van der Waals surface area contributed by atoms with E-state index in [1.807, 2.05) is 4.90 Å². The lowest BCUT2D eigenvalue weighted by Crippen LogP contribution is -2.29. The second-order valence-corrected chi connectivity index (χ2v) is 5.71. The summed E-state index contributed by atoms with van der Waals surface area (Å²) in [5.41, 5.74) is 1.56. The van der Waals surface area contributed by atoms with Gasteiger partial charge >= 0.3 is 0 Å². The highest BCUT2D eigenvalue weighted by molar-refractivity contribution is 7.13. The smallest absolute Gasteiger partial charge is 0.231 e. The molecule has 1 atom stereocenters. The minimum absolute atomic E-state index is 0.0966. The Labute approximate surface area is 108 Å². The van der Waals surface area contributed by atoms with Crippen LogP contribution in [0.2, 0.25) is 0 Å². The van der Waals surface area contributed by atoms with E-state index in [-0.39, 0.29) is 17.7 Å². The van der Waals surface area contributed by atoms with Gasteiger partial charge in [0.2, 0.25) is 16.9 Å². The minimum atomic E-state index is -0.250. The zero-order valence-electron chi connectivity index (χ0n) is 9.83. The van der Waals surface area contributed by atoms with Gasteiger partial charge in [0.05, 0.1) is 5.92 Å². The van der Waals surface area contributed by atoms with Crippen molar-refractivity contribution in [3.05, 3.63) is 5.51 Å². The molecule has 6 nitrogen and oxygen atoms in total. The van der Waals surface area contributed by atoms with Crippen LogP contribution >= 0.6 is 11.3 Å². The van der Waals surface area contributed by atoms with Crippen molar-refractivity contribution in [2.24, 2.45) is 11.8 Å². The molecule has 7 heteroatoms. The van der Waals surface area contributed by atoms with Crippen molar-refractivity contribution < 1.29 is 9.59 Å². The number of hydrogen-bond acceptors (Lipinski definition) is 5. The first-order valence-electron chi connectivity index (χ1n) is 6.07. The van der Waals surface area contributed by atoms with E-state index in [1.54, 1.807) is 5.51 Å². The number of amides is 2. The van der Waals surface area contributed by atoms with E-state index >= 15 is 0 Å². The van der Waals surface area contributed by atoms with Crippen molar-refractivity contribution in [2.45, 2.75) is 19.3 Å². The molecular weight excluding hydrogens is 252 g/mol. The van der Waals surface area contributed by atoms with Crippen LogP contribution in [0.4, 0.5) is 5.13 Å². The summed E-state index contributed by atoms with van der Waals surface area (Å²) in [7, 11) is 0. The fourth-order valence-electron chi connectivity index (χ4n) is 2.17. The Morgan fingerprint density at radius 3 is 3.06 bits per heavy atom. The average molecular weight is 266 g/mol. The van der Waals surface area contributed by atoms with Gasteiger partial charge in [0.25, 0.3) is 0 Å². The van der Waals surface area contributed by atoms with Crippen molar-refractivity contribution in [1.29, 1.82) is 0 Å². The number of nitrogens with one attached hydrogen (secondary N) is 1. The number of likely N-dealkylation sites (tertiary alicyclic amines) is 1. The van der Waals surface area contributed by atoms with E-state index in [0.717, 1.165) is 6.54 Å². The molecule has 2 amide bonds. The Morgan fingerprint density at radius 1 is 1.56 bits per heavy atom. The van der Waals surface area contributed by atoms with Crippen LogP contribution in [0.1, 0.15) is 19.3 Å². The summed E-state index contributed by atoms with van der Waals surface area (Å²) < 4.78 is 0. The van der Waals surface area contributed by atoms with Crippen LogP contribution < -0.4 is 5.32 Å². The van der Waals surface area contributed by atoms with Crippen LogP contribution in [0.25, 0.3) is 0 Å². The number of nitrogens with zero attached hydrogens (tertiary/aromatic N) is 3. The number of carbonyl (C=O) groups is 2. The zero-order chi connectivity index (χ0) is 12.5. The van der Waals surface area contributed by atoms with Crippen LogP contribution in [0.5, 0.6) is 0 Å². The number of carbonyl (C=O) groups excluding carboxylic acids is 2. The summed E-state index contributed by atoms with van der Waals surface area (Å²) in [5.74, 6) is 0.386. The molecule has 1 saturated heterocycles. The molecule has 1 N–H and O–H groups in total. The molecule has 96 valence electrons. The van der Waals surface area contributed by atoms with E-state index in [2.05, 4.69) is 15.5 Å². The Balaban J connectivity index is 1.56. The summed E-state index contributed by atoms with van der Waals surface area (Å²) in [5, 5.41) is 10.6. The van der Waals surface area contributed by atoms with Gasteiger partial charge < -0.3 is 10.2 Å². The van der Waals surface area contributed by atoms with Gasteiger partial charge in [0, 0.05) is 19.5 Å². The van der Waals surface area contributed by atoms with Gasteiger partial charge in [-0.3, -0.25) is 9.59 Å². The molecular formula is C11H14N4O2S. The van der Waals surface area contributed by atoms with Gasteiger partial charge in [-0.1, -0.05) is 11.3 Å². The normalized spacial score (nSPS) is 23.4. The highest BCUT2D eigenvalue weighted by Gasteiger charge is 2.37. The standard InChI is InChI=1S/C11H14N4O2S/c16-9-3-8(5-15(9)4-7-1-2-7)10(17)13-11-14-12-6-18-11/h6-8H,1-5H2,(H,13,14,17). The van der Waals surface area contributed by atoms with Crippen molar-refractivity contribution >= 4 is 28.3 Å². The lowest BCUT2D eigenvalue weighted by molar-refractivity contribution is -0.128. The third-order valence-corrected chi connectivity index (χ3v) is 3.96. The molecule has 1 unspecified atom stereocenters. The first-order chi connectivity index (χ1) is 8.72. The number of anilines is 1. The Bertz CT molecular complexity index is 458. The molecule has 0 radical (unpaired) electrons. The maximum atomic E-state index is 12.0. The van der Waals surface area contributed by atoms with Gasteiger partial charge in [0.15, 0.2) is 0 Å². The molecule has 1 aliphatic heterocycles. The molecule has 1 aliphatic carbocycles. The molecule has 0 spiro atoms. The summed E-state index contributed by atoms with van der Waals surface area (Å²) in [6.07, 6.45) is 2.74. The van der Waals surface area contributed by atoms with Gasteiger partial charge in [-0.2, -0.15) is 0 Å². The second-order valence-electron chi connectivity index (χ2n) is 4.88. The van der Waals surface area contributed by atoms with E-state index in [4.69, 9.17) is 0 Å². The van der Waals surface area contributed by atoms with Crippen molar-refractivity contribution in [3.63, 3.8) is 0 Å². The van der Waals surface area contributed by atoms with E-state index in [1.165, 1.54) is 24.2 Å². The number of hydrogen-bond donors (Lipinski definition) is 1. The Hall–Kier alpha value is -1.50. The van der Waals surface area contributed by atoms with Crippen LogP contribution in [0, 0.1) is 11.8 Å². The van der Waals surface area contributed by atoms with Crippen molar-refractivity contribution in [1.82, 2.24) is 15.1 Å². The molecule has 18 heavy (non-hydrogen) atoms. The first-order valence-corrected chi connectivity index (χ1v) is 6.95. The van der Waals surface area contributed by atoms with Gasteiger partial charge in [0.1, 0.15) is 5.51 Å². The van der Waals surface area contributed by atoms with Crippen LogP contribution in [-0.2, 0) is 9.59 Å². The molecule has 3 rings (SSSR count). The Kier molecular flexibility index (Phi) is 2.99. The molecule has 2 fully saturated rings. The zero-order valence-corrected chi connectivity index (χ0v) is 10.7.